The van der Waals surface area contributed by atoms with Crippen molar-refractivity contribution in [3.8, 4) is 17.5 Å². The summed E-state index contributed by atoms with van der Waals surface area (Å²) in [5.74, 6) is 0. The number of fused-ring (bicyclic) bond motifs is 1. The quantitative estimate of drug-likeness (QED) is 0.542. The van der Waals surface area contributed by atoms with Crippen molar-refractivity contribution in [1.82, 2.24) is 29.5 Å². The summed E-state index contributed by atoms with van der Waals surface area (Å²) in [4.78, 5) is 18.9. The molecule has 0 N–H and O–H groups in total. The second-order valence-electron chi connectivity index (χ2n) is 5.76. The highest BCUT2D eigenvalue weighted by Crippen LogP contribution is 2.29. The molecule has 4 aromatic heterocycles. The Balaban J connectivity index is 1.78. The first-order valence-corrected chi connectivity index (χ1v) is 9.13. The van der Waals surface area contributed by atoms with Crippen LogP contribution in [0, 0.1) is 11.3 Å². The molecule has 8 heteroatoms. The van der Waals surface area contributed by atoms with Gasteiger partial charge in [0, 0.05) is 23.1 Å². The van der Waals surface area contributed by atoms with Gasteiger partial charge in [-0.1, -0.05) is 13.3 Å². The zero-order valence-corrected chi connectivity index (χ0v) is 14.9. The molecule has 0 bridgehead atoms. The van der Waals surface area contributed by atoms with Crippen molar-refractivity contribution in [2.75, 3.05) is 0 Å². The normalized spacial score (nSPS) is 10.9. The zero-order chi connectivity index (χ0) is 17.9. The molecule has 26 heavy (non-hydrogen) atoms. The number of aryl methyl sites for hydroxylation is 1. The molecule has 0 spiro atoms. The van der Waals surface area contributed by atoms with Crippen molar-refractivity contribution in [1.29, 1.82) is 5.26 Å². The van der Waals surface area contributed by atoms with Gasteiger partial charge in [0.05, 0.1) is 16.8 Å². The van der Waals surface area contributed by atoms with Crippen LogP contribution in [0.4, 0.5) is 0 Å². The van der Waals surface area contributed by atoms with E-state index < -0.39 is 0 Å². The standard InChI is InChI=1S/C18H15N7S/c1-2-4-13-14(22-10-25-18(13)21-9-24-25)7-15-17(23-11-26-15)16-12(8-19)5-3-6-20-16/h3,5-6,9-11H,2,4,7H2,1H3. The van der Waals surface area contributed by atoms with Crippen molar-refractivity contribution in [2.24, 2.45) is 0 Å². The van der Waals surface area contributed by atoms with Crippen LogP contribution < -0.4 is 0 Å². The van der Waals surface area contributed by atoms with E-state index >= 15 is 0 Å². The number of thiazole rings is 1. The van der Waals surface area contributed by atoms with E-state index in [0.717, 1.165) is 40.3 Å². The van der Waals surface area contributed by atoms with Crippen LogP contribution in [-0.4, -0.2) is 29.5 Å². The van der Waals surface area contributed by atoms with Crippen molar-refractivity contribution in [2.45, 2.75) is 26.2 Å². The van der Waals surface area contributed by atoms with E-state index in [9.17, 15) is 5.26 Å². The molecule has 0 atom stereocenters. The van der Waals surface area contributed by atoms with Gasteiger partial charge in [-0.15, -0.1) is 11.3 Å². The smallest absolute Gasteiger partial charge is 0.162 e. The van der Waals surface area contributed by atoms with E-state index in [0.29, 0.717) is 17.7 Å². The minimum absolute atomic E-state index is 0.522. The summed E-state index contributed by atoms with van der Waals surface area (Å²) >= 11 is 1.55. The summed E-state index contributed by atoms with van der Waals surface area (Å²) in [7, 11) is 0. The molecular formula is C18H15N7S. The molecule has 0 aliphatic carbocycles. The second-order valence-corrected chi connectivity index (χ2v) is 6.70. The van der Waals surface area contributed by atoms with Gasteiger partial charge in [-0.05, 0) is 18.6 Å². The minimum Gasteiger partial charge on any atom is -0.253 e. The Morgan fingerprint density at radius 3 is 2.96 bits per heavy atom. The summed E-state index contributed by atoms with van der Waals surface area (Å²) < 4.78 is 1.70. The molecule has 0 aromatic carbocycles. The third kappa shape index (κ3) is 2.82. The number of pyridine rings is 1. The molecule has 4 rings (SSSR count). The molecule has 0 aliphatic rings. The Morgan fingerprint density at radius 2 is 2.12 bits per heavy atom. The van der Waals surface area contributed by atoms with Crippen molar-refractivity contribution >= 4 is 17.0 Å². The van der Waals surface area contributed by atoms with Crippen molar-refractivity contribution < 1.29 is 0 Å². The number of hydrogen-bond donors (Lipinski definition) is 0. The first-order chi connectivity index (χ1) is 12.8. The molecule has 0 saturated carbocycles. The summed E-state index contributed by atoms with van der Waals surface area (Å²) in [6, 6.07) is 5.71. The topological polar surface area (TPSA) is 92.7 Å². The zero-order valence-electron chi connectivity index (χ0n) is 14.1. The Hall–Kier alpha value is -3.18. The van der Waals surface area contributed by atoms with Gasteiger partial charge in [-0.3, -0.25) is 4.98 Å². The fourth-order valence-electron chi connectivity index (χ4n) is 2.97. The first-order valence-electron chi connectivity index (χ1n) is 8.25. The number of aromatic nitrogens is 6. The van der Waals surface area contributed by atoms with Gasteiger partial charge in [-0.2, -0.15) is 10.4 Å². The molecule has 4 aromatic rings. The molecule has 7 nitrogen and oxygen atoms in total. The Morgan fingerprint density at radius 1 is 1.19 bits per heavy atom. The van der Waals surface area contributed by atoms with E-state index in [4.69, 9.17) is 0 Å². The summed E-state index contributed by atoms with van der Waals surface area (Å²) in [6.45, 7) is 2.13. The lowest BCUT2D eigenvalue weighted by molar-refractivity contribution is 0.839. The third-order valence-corrected chi connectivity index (χ3v) is 4.97. The maximum absolute atomic E-state index is 9.36. The number of hydrogen-bond acceptors (Lipinski definition) is 7. The maximum atomic E-state index is 9.36. The SMILES string of the molecule is CCCc1c(Cc2scnc2-c2ncccc2C#N)ncn2ncnc12. The minimum atomic E-state index is 0.522. The number of nitriles is 1. The molecule has 0 amide bonds. The molecule has 0 aliphatic heterocycles. The van der Waals surface area contributed by atoms with E-state index in [-0.39, 0.29) is 0 Å². The lowest BCUT2D eigenvalue weighted by Crippen LogP contribution is -2.05. The monoisotopic (exact) mass is 361 g/mol. The molecule has 4 heterocycles. The average Bonchev–Trinajstić information content (AvgIpc) is 3.33. The lowest BCUT2D eigenvalue weighted by atomic mass is 10.0. The summed E-state index contributed by atoms with van der Waals surface area (Å²) in [5.41, 5.74) is 6.59. The van der Waals surface area contributed by atoms with E-state index in [1.807, 2.05) is 0 Å². The largest absolute Gasteiger partial charge is 0.253 e. The van der Waals surface area contributed by atoms with Gasteiger partial charge in [0.15, 0.2) is 5.65 Å². The predicted molar refractivity (Wildman–Crippen MR) is 97.6 cm³/mol. The summed E-state index contributed by atoms with van der Waals surface area (Å²) in [5, 5.41) is 13.5. The average molecular weight is 361 g/mol. The van der Waals surface area contributed by atoms with E-state index in [1.165, 1.54) is 0 Å². The highest BCUT2D eigenvalue weighted by molar-refractivity contribution is 7.10. The van der Waals surface area contributed by atoms with Crippen LogP contribution in [0.25, 0.3) is 17.0 Å². The van der Waals surface area contributed by atoms with Gasteiger partial charge < -0.3 is 0 Å². The van der Waals surface area contributed by atoms with Crippen LogP contribution in [-0.2, 0) is 12.8 Å². The molecule has 128 valence electrons. The first kappa shape index (κ1) is 16.3. The fourth-order valence-corrected chi connectivity index (χ4v) is 3.73. The van der Waals surface area contributed by atoms with Gasteiger partial charge >= 0.3 is 0 Å². The van der Waals surface area contributed by atoms with Gasteiger partial charge in [0.2, 0.25) is 0 Å². The van der Waals surface area contributed by atoms with Crippen molar-refractivity contribution in [3.05, 3.63) is 58.2 Å². The van der Waals surface area contributed by atoms with Crippen LogP contribution in [0.3, 0.4) is 0 Å². The van der Waals surface area contributed by atoms with E-state index in [1.54, 1.807) is 52.3 Å². The summed E-state index contributed by atoms with van der Waals surface area (Å²) in [6.07, 6.45) is 7.43. The van der Waals surface area contributed by atoms with Gasteiger partial charge in [0.25, 0.3) is 0 Å². The van der Waals surface area contributed by atoms with Crippen molar-refractivity contribution in [3.63, 3.8) is 0 Å². The molecule has 0 radical (unpaired) electrons. The van der Waals surface area contributed by atoms with Gasteiger partial charge in [-0.25, -0.2) is 19.5 Å². The molecule has 0 saturated heterocycles. The lowest BCUT2D eigenvalue weighted by Gasteiger charge is -2.09. The highest BCUT2D eigenvalue weighted by atomic mass is 32.1. The fraction of sp³-hybridized carbons (Fsp3) is 0.222. The van der Waals surface area contributed by atoms with Crippen LogP contribution >= 0.6 is 11.3 Å². The number of nitrogens with zero attached hydrogens (tertiary/aromatic N) is 7. The van der Waals surface area contributed by atoms with Crippen LogP contribution in [0.15, 0.2) is 36.5 Å². The van der Waals surface area contributed by atoms with Crippen LogP contribution in [0.5, 0.6) is 0 Å². The third-order valence-electron chi connectivity index (χ3n) is 4.14. The Kier molecular flexibility index (Phi) is 4.37. The van der Waals surface area contributed by atoms with Crippen LogP contribution in [0.2, 0.25) is 0 Å². The molecular weight excluding hydrogens is 346 g/mol. The Bertz CT molecular complexity index is 1110. The predicted octanol–water partition coefficient (Wildman–Crippen LogP) is 3.06. The van der Waals surface area contributed by atoms with E-state index in [2.05, 4.69) is 38.0 Å². The molecule has 0 unspecified atom stereocenters. The second kappa shape index (κ2) is 6.98. The van der Waals surface area contributed by atoms with Gasteiger partial charge in [0.1, 0.15) is 30.1 Å². The highest BCUT2D eigenvalue weighted by Gasteiger charge is 2.18. The maximum Gasteiger partial charge on any atom is 0.162 e. The Labute approximate surface area is 154 Å². The van der Waals surface area contributed by atoms with Crippen LogP contribution in [0.1, 0.15) is 35.0 Å². The number of rotatable bonds is 5. The molecule has 0 fully saturated rings.